The van der Waals surface area contributed by atoms with Gasteiger partial charge >= 0.3 is 0 Å². The molecule has 3 N–H and O–H groups in total. The molecule has 0 aliphatic heterocycles. The lowest BCUT2D eigenvalue weighted by Crippen LogP contribution is -2.50. The Kier molecular flexibility index (Phi) is 3.47. The second kappa shape index (κ2) is 4.87. The van der Waals surface area contributed by atoms with Crippen molar-refractivity contribution in [2.75, 3.05) is 13.1 Å². The van der Waals surface area contributed by atoms with Gasteiger partial charge in [0.25, 0.3) is 0 Å². The Morgan fingerprint density at radius 2 is 2.41 bits per heavy atom. The Labute approximate surface area is 101 Å². The molecule has 17 heavy (non-hydrogen) atoms. The lowest BCUT2D eigenvalue weighted by atomic mass is 9.68. The quantitative estimate of drug-likeness (QED) is 0.767. The van der Waals surface area contributed by atoms with E-state index in [4.69, 9.17) is 5.73 Å². The van der Waals surface area contributed by atoms with Crippen molar-refractivity contribution in [3.8, 4) is 0 Å². The van der Waals surface area contributed by atoms with Crippen LogP contribution in [0.4, 0.5) is 0 Å². The number of imidazole rings is 1. The molecule has 0 unspecified atom stereocenters. The van der Waals surface area contributed by atoms with Crippen molar-refractivity contribution in [2.45, 2.75) is 25.7 Å². The first-order valence-electron chi connectivity index (χ1n) is 6.12. The minimum atomic E-state index is -0.276. The summed E-state index contributed by atoms with van der Waals surface area (Å²) in [6.07, 6.45) is 7.41. The Morgan fingerprint density at radius 1 is 1.65 bits per heavy atom. The van der Waals surface area contributed by atoms with Gasteiger partial charge in [-0.05, 0) is 12.8 Å². The molecular formula is C12H20N4O. The molecule has 94 valence electrons. The van der Waals surface area contributed by atoms with E-state index in [1.807, 2.05) is 17.8 Å². The average molecular weight is 236 g/mol. The Bertz CT molecular complexity index is 389. The highest BCUT2D eigenvalue weighted by atomic mass is 16.2. The van der Waals surface area contributed by atoms with Crippen molar-refractivity contribution in [1.82, 2.24) is 14.9 Å². The number of nitrogens with zero attached hydrogens (tertiary/aromatic N) is 2. The number of amides is 1. The number of nitrogens with two attached hydrogens (primary N) is 1. The van der Waals surface area contributed by atoms with Gasteiger partial charge in [0.2, 0.25) is 5.91 Å². The zero-order chi connectivity index (χ0) is 12.3. The van der Waals surface area contributed by atoms with Gasteiger partial charge in [0.15, 0.2) is 0 Å². The maximum atomic E-state index is 12.0. The van der Waals surface area contributed by atoms with Gasteiger partial charge < -0.3 is 15.6 Å². The Morgan fingerprint density at radius 3 is 2.88 bits per heavy atom. The number of aromatic nitrogens is 2. The van der Waals surface area contributed by atoms with Gasteiger partial charge in [0.05, 0.1) is 5.41 Å². The van der Waals surface area contributed by atoms with Crippen LogP contribution in [0.3, 0.4) is 0 Å². The van der Waals surface area contributed by atoms with Crippen LogP contribution < -0.4 is 11.1 Å². The molecule has 1 aliphatic rings. The molecule has 0 saturated heterocycles. The minimum absolute atomic E-state index is 0.112. The zero-order valence-corrected chi connectivity index (χ0v) is 10.3. The molecule has 5 nitrogen and oxygen atoms in total. The number of hydrogen-bond acceptors (Lipinski definition) is 3. The van der Waals surface area contributed by atoms with E-state index in [0.717, 1.165) is 31.5 Å². The maximum Gasteiger partial charge on any atom is 0.227 e. The predicted octanol–water partition coefficient (Wildman–Crippen LogP) is 0.208. The summed E-state index contributed by atoms with van der Waals surface area (Å²) in [5.74, 6) is 1.10. The standard InChI is InChI=1S/C12H20N4O/c1-16-8-7-14-10(16)3-6-15-11(17)12(9-13)4-2-5-12/h7-8H,2-6,9,13H2,1H3,(H,15,17). The fourth-order valence-corrected chi connectivity index (χ4v) is 2.24. The normalized spacial score (nSPS) is 17.5. The van der Waals surface area contributed by atoms with Crippen LogP contribution in [-0.4, -0.2) is 28.5 Å². The number of carbonyl (C=O) groups excluding carboxylic acids is 1. The highest BCUT2D eigenvalue weighted by Crippen LogP contribution is 2.39. The topological polar surface area (TPSA) is 72.9 Å². The second-order valence-corrected chi connectivity index (χ2v) is 4.80. The van der Waals surface area contributed by atoms with Crippen molar-refractivity contribution >= 4 is 5.91 Å². The molecule has 1 fully saturated rings. The van der Waals surface area contributed by atoms with Crippen molar-refractivity contribution in [3.05, 3.63) is 18.2 Å². The van der Waals surface area contributed by atoms with Gasteiger partial charge in [-0.1, -0.05) is 6.42 Å². The molecule has 1 aliphatic carbocycles. The molecule has 1 saturated carbocycles. The third kappa shape index (κ3) is 2.34. The lowest BCUT2D eigenvalue weighted by molar-refractivity contribution is -0.135. The van der Waals surface area contributed by atoms with Crippen molar-refractivity contribution in [1.29, 1.82) is 0 Å². The van der Waals surface area contributed by atoms with E-state index in [-0.39, 0.29) is 11.3 Å². The summed E-state index contributed by atoms with van der Waals surface area (Å²) in [6, 6.07) is 0. The van der Waals surface area contributed by atoms with E-state index in [9.17, 15) is 4.79 Å². The van der Waals surface area contributed by atoms with Crippen LogP contribution in [0.25, 0.3) is 0 Å². The van der Waals surface area contributed by atoms with Crippen LogP contribution in [-0.2, 0) is 18.3 Å². The predicted molar refractivity (Wildman–Crippen MR) is 65.3 cm³/mol. The van der Waals surface area contributed by atoms with Crippen LogP contribution >= 0.6 is 0 Å². The fraction of sp³-hybridized carbons (Fsp3) is 0.667. The van der Waals surface area contributed by atoms with Gasteiger partial charge in [0, 0.05) is 39.0 Å². The number of rotatable bonds is 5. The lowest BCUT2D eigenvalue weighted by Gasteiger charge is -2.39. The summed E-state index contributed by atoms with van der Waals surface area (Å²) in [7, 11) is 1.96. The van der Waals surface area contributed by atoms with E-state index in [1.165, 1.54) is 0 Å². The molecular weight excluding hydrogens is 216 g/mol. The molecule has 5 heteroatoms. The molecule has 0 aromatic carbocycles. The van der Waals surface area contributed by atoms with E-state index < -0.39 is 0 Å². The van der Waals surface area contributed by atoms with E-state index in [2.05, 4.69) is 10.3 Å². The summed E-state index contributed by atoms with van der Waals surface area (Å²) in [4.78, 5) is 16.2. The average Bonchev–Trinajstić information content (AvgIpc) is 2.64. The Balaban J connectivity index is 1.79. The summed E-state index contributed by atoms with van der Waals surface area (Å²) in [6.45, 7) is 1.09. The third-order valence-electron chi connectivity index (χ3n) is 3.74. The van der Waals surface area contributed by atoms with E-state index in [0.29, 0.717) is 13.1 Å². The third-order valence-corrected chi connectivity index (χ3v) is 3.74. The highest BCUT2D eigenvalue weighted by molar-refractivity contribution is 5.83. The number of hydrogen-bond donors (Lipinski definition) is 2. The second-order valence-electron chi connectivity index (χ2n) is 4.80. The number of nitrogens with one attached hydrogen (secondary N) is 1. The minimum Gasteiger partial charge on any atom is -0.355 e. The molecule has 1 amide bonds. The summed E-state index contributed by atoms with van der Waals surface area (Å²) in [5, 5.41) is 2.97. The molecule has 1 heterocycles. The first-order chi connectivity index (χ1) is 8.18. The number of carbonyl (C=O) groups is 1. The zero-order valence-electron chi connectivity index (χ0n) is 10.3. The molecule has 0 bridgehead atoms. The molecule has 0 spiro atoms. The first kappa shape index (κ1) is 12.1. The van der Waals surface area contributed by atoms with Gasteiger partial charge in [-0.25, -0.2) is 4.98 Å². The monoisotopic (exact) mass is 236 g/mol. The Hall–Kier alpha value is -1.36. The van der Waals surface area contributed by atoms with E-state index >= 15 is 0 Å². The van der Waals surface area contributed by atoms with Crippen LogP contribution in [0.15, 0.2) is 12.4 Å². The van der Waals surface area contributed by atoms with Crippen LogP contribution in [0.5, 0.6) is 0 Å². The maximum absolute atomic E-state index is 12.0. The fourth-order valence-electron chi connectivity index (χ4n) is 2.24. The van der Waals surface area contributed by atoms with E-state index in [1.54, 1.807) is 6.20 Å². The first-order valence-corrected chi connectivity index (χ1v) is 6.12. The number of aryl methyl sites for hydroxylation is 1. The smallest absolute Gasteiger partial charge is 0.227 e. The van der Waals surface area contributed by atoms with Crippen molar-refractivity contribution in [3.63, 3.8) is 0 Å². The molecule has 0 atom stereocenters. The van der Waals surface area contributed by atoms with Gasteiger partial charge in [-0.2, -0.15) is 0 Å². The molecule has 1 aromatic rings. The van der Waals surface area contributed by atoms with Crippen molar-refractivity contribution < 1.29 is 4.79 Å². The van der Waals surface area contributed by atoms with Gasteiger partial charge in [0.1, 0.15) is 5.82 Å². The highest BCUT2D eigenvalue weighted by Gasteiger charge is 2.42. The SMILES string of the molecule is Cn1ccnc1CCNC(=O)C1(CN)CCC1. The summed E-state index contributed by atoms with van der Waals surface area (Å²) >= 11 is 0. The van der Waals surface area contributed by atoms with Crippen molar-refractivity contribution in [2.24, 2.45) is 18.2 Å². The molecule has 0 radical (unpaired) electrons. The van der Waals surface area contributed by atoms with Gasteiger partial charge in [-0.3, -0.25) is 4.79 Å². The molecule has 2 rings (SSSR count). The summed E-state index contributed by atoms with van der Waals surface area (Å²) in [5.41, 5.74) is 5.41. The van der Waals surface area contributed by atoms with Crippen LogP contribution in [0, 0.1) is 5.41 Å². The largest absolute Gasteiger partial charge is 0.355 e. The molecule has 1 aromatic heterocycles. The van der Waals surface area contributed by atoms with Crippen LogP contribution in [0.1, 0.15) is 25.1 Å². The summed E-state index contributed by atoms with van der Waals surface area (Å²) < 4.78 is 1.97. The van der Waals surface area contributed by atoms with Gasteiger partial charge in [-0.15, -0.1) is 0 Å². The van der Waals surface area contributed by atoms with Crippen LogP contribution in [0.2, 0.25) is 0 Å².